The van der Waals surface area contributed by atoms with Gasteiger partial charge in [0.05, 0.1) is 5.52 Å². The third-order valence-corrected chi connectivity index (χ3v) is 3.23. The summed E-state index contributed by atoms with van der Waals surface area (Å²) in [5, 5.41) is 1.31. The number of aryl methyl sites for hydroxylation is 3. The summed E-state index contributed by atoms with van der Waals surface area (Å²) in [4.78, 5) is 0. The van der Waals surface area contributed by atoms with Crippen LogP contribution in [0.15, 0.2) is 18.3 Å². The molecule has 0 aliphatic carbocycles. The van der Waals surface area contributed by atoms with Crippen LogP contribution < -0.4 is 5.73 Å². The van der Waals surface area contributed by atoms with E-state index < -0.39 is 0 Å². The highest BCUT2D eigenvalue weighted by atomic mass is 14.9. The Balaban J connectivity index is 2.94. The SMILES string of the molecule is Cc1ccc(C)c2c1c(C(C)(C)N)cn2C. The minimum Gasteiger partial charge on any atom is -0.350 e. The molecular weight excluding hydrogens is 196 g/mol. The Bertz CT molecular complexity index is 542. The normalized spacial score (nSPS) is 12.4. The Hall–Kier alpha value is -1.28. The fourth-order valence-corrected chi connectivity index (χ4v) is 2.40. The van der Waals surface area contributed by atoms with Crippen LogP contribution in [-0.2, 0) is 12.6 Å². The number of rotatable bonds is 1. The minimum absolute atomic E-state index is 0.294. The third-order valence-electron chi connectivity index (χ3n) is 3.23. The van der Waals surface area contributed by atoms with Crippen LogP contribution >= 0.6 is 0 Å². The van der Waals surface area contributed by atoms with Crippen molar-refractivity contribution in [2.45, 2.75) is 33.2 Å². The first-order valence-corrected chi connectivity index (χ1v) is 5.67. The average Bonchev–Trinajstić information content (AvgIpc) is 2.51. The predicted molar refractivity (Wildman–Crippen MR) is 69.6 cm³/mol. The maximum atomic E-state index is 6.24. The highest BCUT2D eigenvalue weighted by molar-refractivity contribution is 5.90. The van der Waals surface area contributed by atoms with E-state index in [4.69, 9.17) is 5.73 Å². The van der Waals surface area contributed by atoms with E-state index in [9.17, 15) is 0 Å². The van der Waals surface area contributed by atoms with E-state index in [2.05, 4.69) is 57.6 Å². The number of hydrogen-bond donors (Lipinski definition) is 1. The van der Waals surface area contributed by atoms with E-state index in [1.807, 2.05) is 0 Å². The van der Waals surface area contributed by atoms with Gasteiger partial charge < -0.3 is 10.3 Å². The molecule has 0 unspecified atom stereocenters. The lowest BCUT2D eigenvalue weighted by Gasteiger charge is -2.18. The first-order chi connectivity index (χ1) is 7.32. The van der Waals surface area contributed by atoms with Crippen LogP contribution in [0, 0.1) is 13.8 Å². The highest BCUT2D eigenvalue weighted by Gasteiger charge is 2.21. The van der Waals surface area contributed by atoms with Crippen LogP contribution in [0.1, 0.15) is 30.5 Å². The molecule has 0 aliphatic rings. The van der Waals surface area contributed by atoms with Crippen LogP contribution in [0.5, 0.6) is 0 Å². The number of aromatic nitrogens is 1. The van der Waals surface area contributed by atoms with Gasteiger partial charge in [0, 0.05) is 24.2 Å². The van der Waals surface area contributed by atoms with Gasteiger partial charge in [-0.25, -0.2) is 0 Å². The molecule has 0 saturated heterocycles. The summed E-state index contributed by atoms with van der Waals surface area (Å²) >= 11 is 0. The fraction of sp³-hybridized carbons (Fsp3) is 0.429. The standard InChI is InChI=1S/C14H20N2/c1-9-6-7-10(2)13-12(9)11(8-16(13)5)14(3,4)15/h6-8H,15H2,1-5H3. The second kappa shape index (κ2) is 3.36. The Morgan fingerprint density at radius 2 is 1.69 bits per heavy atom. The Morgan fingerprint density at radius 1 is 1.12 bits per heavy atom. The molecule has 0 bridgehead atoms. The molecule has 0 amide bonds. The molecule has 0 aliphatic heterocycles. The van der Waals surface area contributed by atoms with Crippen molar-refractivity contribution in [2.24, 2.45) is 12.8 Å². The summed E-state index contributed by atoms with van der Waals surface area (Å²) in [5.74, 6) is 0. The van der Waals surface area contributed by atoms with Gasteiger partial charge >= 0.3 is 0 Å². The summed E-state index contributed by atoms with van der Waals surface area (Å²) in [6.07, 6.45) is 2.16. The number of hydrogen-bond acceptors (Lipinski definition) is 1. The Morgan fingerprint density at radius 3 is 2.25 bits per heavy atom. The minimum atomic E-state index is -0.294. The molecule has 0 spiro atoms. The molecule has 1 aromatic carbocycles. The van der Waals surface area contributed by atoms with Crippen molar-refractivity contribution in [1.29, 1.82) is 0 Å². The fourth-order valence-electron chi connectivity index (χ4n) is 2.40. The smallest absolute Gasteiger partial charge is 0.0513 e. The largest absolute Gasteiger partial charge is 0.350 e. The quantitative estimate of drug-likeness (QED) is 0.780. The van der Waals surface area contributed by atoms with Crippen LogP contribution in [0.25, 0.3) is 10.9 Å². The van der Waals surface area contributed by atoms with E-state index in [0.717, 1.165) is 0 Å². The lowest BCUT2D eigenvalue weighted by Crippen LogP contribution is -2.28. The summed E-state index contributed by atoms with van der Waals surface area (Å²) in [6, 6.07) is 4.35. The Labute approximate surface area is 97.1 Å². The molecule has 0 fully saturated rings. The maximum absolute atomic E-state index is 6.24. The maximum Gasteiger partial charge on any atom is 0.0513 e. The molecule has 16 heavy (non-hydrogen) atoms. The van der Waals surface area contributed by atoms with Gasteiger partial charge in [-0.05, 0) is 44.4 Å². The molecule has 86 valence electrons. The lowest BCUT2D eigenvalue weighted by molar-refractivity contribution is 0.557. The summed E-state index contributed by atoms with van der Waals surface area (Å²) in [5.41, 5.74) is 11.1. The Kier molecular flexibility index (Phi) is 2.35. The van der Waals surface area contributed by atoms with Gasteiger partial charge in [0.2, 0.25) is 0 Å². The molecule has 1 aromatic heterocycles. The van der Waals surface area contributed by atoms with Gasteiger partial charge in [0.1, 0.15) is 0 Å². The van der Waals surface area contributed by atoms with Gasteiger partial charge in [-0.15, -0.1) is 0 Å². The number of nitrogens with two attached hydrogens (primary N) is 1. The number of benzene rings is 1. The molecule has 2 heteroatoms. The molecule has 2 nitrogen and oxygen atoms in total. The van der Waals surface area contributed by atoms with Crippen LogP contribution in [0.3, 0.4) is 0 Å². The first-order valence-electron chi connectivity index (χ1n) is 5.67. The molecule has 0 atom stereocenters. The van der Waals surface area contributed by atoms with E-state index in [1.54, 1.807) is 0 Å². The number of nitrogens with zero attached hydrogens (tertiary/aromatic N) is 1. The van der Waals surface area contributed by atoms with Crippen molar-refractivity contribution in [3.05, 3.63) is 35.0 Å². The number of fused-ring (bicyclic) bond motifs is 1. The van der Waals surface area contributed by atoms with Crippen molar-refractivity contribution in [3.8, 4) is 0 Å². The monoisotopic (exact) mass is 216 g/mol. The summed E-state index contributed by atoms with van der Waals surface area (Å²) in [6.45, 7) is 8.42. The molecule has 0 radical (unpaired) electrons. The van der Waals surface area contributed by atoms with Gasteiger partial charge in [-0.3, -0.25) is 0 Å². The van der Waals surface area contributed by atoms with Gasteiger partial charge in [0.25, 0.3) is 0 Å². The lowest BCUT2D eigenvalue weighted by atomic mass is 9.92. The second-order valence-electron chi connectivity index (χ2n) is 5.30. The van der Waals surface area contributed by atoms with Crippen LogP contribution in [-0.4, -0.2) is 4.57 Å². The first kappa shape index (κ1) is 11.2. The van der Waals surface area contributed by atoms with Crippen molar-refractivity contribution in [1.82, 2.24) is 4.57 Å². The predicted octanol–water partition coefficient (Wildman–Crippen LogP) is 2.99. The topological polar surface area (TPSA) is 30.9 Å². The van der Waals surface area contributed by atoms with Crippen molar-refractivity contribution >= 4 is 10.9 Å². The molecule has 2 rings (SSSR count). The second-order valence-corrected chi connectivity index (χ2v) is 5.30. The zero-order chi connectivity index (χ0) is 12.1. The van der Waals surface area contributed by atoms with Crippen LogP contribution in [0.4, 0.5) is 0 Å². The van der Waals surface area contributed by atoms with Crippen LogP contribution in [0.2, 0.25) is 0 Å². The van der Waals surface area contributed by atoms with Crippen molar-refractivity contribution in [2.75, 3.05) is 0 Å². The zero-order valence-corrected chi connectivity index (χ0v) is 10.8. The molecule has 1 heterocycles. The molecule has 0 saturated carbocycles. The molecular formula is C14H20N2. The summed E-state index contributed by atoms with van der Waals surface area (Å²) < 4.78 is 2.18. The zero-order valence-electron chi connectivity index (χ0n) is 10.8. The van der Waals surface area contributed by atoms with E-state index in [-0.39, 0.29) is 5.54 Å². The highest BCUT2D eigenvalue weighted by Crippen LogP contribution is 2.32. The average molecular weight is 216 g/mol. The van der Waals surface area contributed by atoms with Gasteiger partial charge in [-0.2, -0.15) is 0 Å². The van der Waals surface area contributed by atoms with E-state index in [1.165, 1.54) is 27.6 Å². The van der Waals surface area contributed by atoms with Gasteiger partial charge in [0.15, 0.2) is 0 Å². The van der Waals surface area contributed by atoms with Crippen molar-refractivity contribution in [3.63, 3.8) is 0 Å². The molecule has 2 N–H and O–H groups in total. The van der Waals surface area contributed by atoms with E-state index >= 15 is 0 Å². The van der Waals surface area contributed by atoms with Gasteiger partial charge in [-0.1, -0.05) is 12.1 Å². The summed E-state index contributed by atoms with van der Waals surface area (Å²) in [7, 11) is 2.09. The molecule has 2 aromatic rings. The third kappa shape index (κ3) is 1.54. The van der Waals surface area contributed by atoms with E-state index in [0.29, 0.717) is 0 Å². The van der Waals surface area contributed by atoms with Crippen molar-refractivity contribution < 1.29 is 0 Å².